The lowest BCUT2D eigenvalue weighted by molar-refractivity contribution is 0.260. The van der Waals surface area contributed by atoms with Crippen molar-refractivity contribution in [2.24, 2.45) is 0 Å². The highest BCUT2D eigenvalue weighted by Gasteiger charge is 2.18. The molecule has 0 spiro atoms. The molecule has 3 nitrogen and oxygen atoms in total. The van der Waals surface area contributed by atoms with Crippen molar-refractivity contribution < 1.29 is 5.11 Å². The molecule has 88 valence electrons. The summed E-state index contributed by atoms with van der Waals surface area (Å²) in [5, 5.41) is 12.7. The molecule has 0 aliphatic carbocycles. The summed E-state index contributed by atoms with van der Waals surface area (Å²) in [6, 6.07) is 8.22. The lowest BCUT2D eigenvalue weighted by atomic mass is 10.1. The number of nitrogens with one attached hydrogen (secondary N) is 1. The van der Waals surface area contributed by atoms with Gasteiger partial charge in [-0.3, -0.25) is 0 Å². The van der Waals surface area contributed by atoms with Gasteiger partial charge in [0.25, 0.3) is 0 Å². The van der Waals surface area contributed by atoms with Crippen molar-refractivity contribution in [3.05, 3.63) is 29.8 Å². The second-order valence-corrected chi connectivity index (χ2v) is 4.55. The number of hydrogen-bond acceptors (Lipinski definition) is 3. The summed E-state index contributed by atoms with van der Waals surface area (Å²) in [7, 11) is 2.18. The Hall–Kier alpha value is -1.06. The number of likely N-dealkylation sites (N-methyl/N-ethyl adjacent to an activating group) is 1. The molecule has 0 saturated carbocycles. The molecule has 1 aromatic rings. The molecule has 1 heterocycles. The minimum absolute atomic E-state index is 0.364. The Balaban J connectivity index is 1.82. The Kier molecular flexibility index (Phi) is 3.80. The molecule has 1 aliphatic rings. The van der Waals surface area contributed by atoms with E-state index in [1.54, 1.807) is 6.07 Å². The first-order valence-electron chi connectivity index (χ1n) is 5.94. The van der Waals surface area contributed by atoms with Crippen LogP contribution in [0.5, 0.6) is 5.75 Å². The maximum Gasteiger partial charge on any atom is 0.115 e. The Bertz CT molecular complexity index is 334. The van der Waals surface area contributed by atoms with Gasteiger partial charge in [-0.05, 0) is 44.1 Å². The quantitative estimate of drug-likeness (QED) is 0.801. The average molecular weight is 220 g/mol. The van der Waals surface area contributed by atoms with Gasteiger partial charge in [-0.1, -0.05) is 12.1 Å². The smallest absolute Gasteiger partial charge is 0.115 e. The SMILES string of the molecule is CN(CCc1cccc(O)c1)C1CCNC1. The Labute approximate surface area is 97.1 Å². The fourth-order valence-electron chi connectivity index (χ4n) is 2.22. The first-order chi connectivity index (χ1) is 7.75. The molecule has 0 bridgehead atoms. The van der Waals surface area contributed by atoms with E-state index in [-0.39, 0.29) is 0 Å². The molecular formula is C13H20N2O. The van der Waals surface area contributed by atoms with Crippen molar-refractivity contribution in [2.75, 3.05) is 26.7 Å². The number of hydrogen-bond donors (Lipinski definition) is 2. The summed E-state index contributed by atoms with van der Waals surface area (Å²) in [6.45, 7) is 3.30. The maximum atomic E-state index is 9.37. The summed E-state index contributed by atoms with van der Waals surface area (Å²) < 4.78 is 0. The number of phenolic OH excluding ortho intramolecular Hbond substituents is 1. The largest absolute Gasteiger partial charge is 0.508 e. The van der Waals surface area contributed by atoms with Gasteiger partial charge in [0, 0.05) is 19.1 Å². The zero-order valence-electron chi connectivity index (χ0n) is 9.82. The number of nitrogens with zero attached hydrogens (tertiary/aromatic N) is 1. The molecule has 2 rings (SSSR count). The van der Waals surface area contributed by atoms with Crippen LogP contribution in [0, 0.1) is 0 Å². The summed E-state index contributed by atoms with van der Waals surface area (Å²) >= 11 is 0. The van der Waals surface area contributed by atoms with E-state index in [9.17, 15) is 5.11 Å². The number of aromatic hydroxyl groups is 1. The van der Waals surface area contributed by atoms with Crippen LogP contribution in [0.3, 0.4) is 0 Å². The van der Waals surface area contributed by atoms with Gasteiger partial charge in [-0.25, -0.2) is 0 Å². The van der Waals surface area contributed by atoms with E-state index in [1.165, 1.54) is 12.0 Å². The van der Waals surface area contributed by atoms with Gasteiger partial charge in [-0.15, -0.1) is 0 Å². The van der Waals surface area contributed by atoms with Crippen molar-refractivity contribution in [3.63, 3.8) is 0 Å². The number of phenols is 1. The van der Waals surface area contributed by atoms with E-state index in [1.807, 2.05) is 12.1 Å². The number of benzene rings is 1. The van der Waals surface area contributed by atoms with Crippen LogP contribution in [0.2, 0.25) is 0 Å². The zero-order chi connectivity index (χ0) is 11.4. The Morgan fingerprint density at radius 3 is 3.06 bits per heavy atom. The average Bonchev–Trinajstić information content (AvgIpc) is 2.79. The predicted molar refractivity (Wildman–Crippen MR) is 65.7 cm³/mol. The van der Waals surface area contributed by atoms with Gasteiger partial charge < -0.3 is 15.3 Å². The molecule has 1 aromatic carbocycles. The van der Waals surface area contributed by atoms with E-state index in [0.29, 0.717) is 11.8 Å². The molecule has 1 unspecified atom stereocenters. The summed E-state index contributed by atoms with van der Waals surface area (Å²) in [4.78, 5) is 2.41. The fraction of sp³-hybridized carbons (Fsp3) is 0.538. The van der Waals surface area contributed by atoms with Crippen LogP contribution >= 0.6 is 0 Å². The molecule has 1 saturated heterocycles. The molecule has 0 aromatic heterocycles. The maximum absolute atomic E-state index is 9.37. The monoisotopic (exact) mass is 220 g/mol. The fourth-order valence-corrected chi connectivity index (χ4v) is 2.22. The van der Waals surface area contributed by atoms with Gasteiger partial charge in [0.05, 0.1) is 0 Å². The molecule has 2 N–H and O–H groups in total. The zero-order valence-corrected chi connectivity index (χ0v) is 9.82. The summed E-state index contributed by atoms with van der Waals surface area (Å²) in [5.41, 5.74) is 1.21. The lowest BCUT2D eigenvalue weighted by Gasteiger charge is -2.23. The highest BCUT2D eigenvalue weighted by atomic mass is 16.3. The topological polar surface area (TPSA) is 35.5 Å². The second-order valence-electron chi connectivity index (χ2n) is 4.55. The van der Waals surface area contributed by atoms with Crippen LogP contribution in [-0.4, -0.2) is 42.7 Å². The molecule has 0 radical (unpaired) electrons. The van der Waals surface area contributed by atoms with Gasteiger partial charge in [0.2, 0.25) is 0 Å². The summed E-state index contributed by atoms with van der Waals surface area (Å²) in [5.74, 6) is 0.364. The van der Waals surface area contributed by atoms with Crippen LogP contribution in [0.4, 0.5) is 0 Å². The Morgan fingerprint density at radius 1 is 1.50 bits per heavy atom. The molecule has 3 heteroatoms. The first kappa shape index (κ1) is 11.4. The van der Waals surface area contributed by atoms with Crippen molar-refractivity contribution in [3.8, 4) is 5.75 Å². The van der Waals surface area contributed by atoms with E-state index >= 15 is 0 Å². The van der Waals surface area contributed by atoms with Crippen molar-refractivity contribution >= 4 is 0 Å². The van der Waals surface area contributed by atoms with Crippen LogP contribution in [0.1, 0.15) is 12.0 Å². The van der Waals surface area contributed by atoms with Crippen molar-refractivity contribution in [2.45, 2.75) is 18.9 Å². The molecular weight excluding hydrogens is 200 g/mol. The minimum Gasteiger partial charge on any atom is -0.508 e. The molecule has 1 atom stereocenters. The van der Waals surface area contributed by atoms with E-state index in [0.717, 1.165) is 26.1 Å². The highest BCUT2D eigenvalue weighted by Crippen LogP contribution is 2.13. The standard InChI is InChI=1S/C13H20N2O/c1-15(12-5-7-14-10-12)8-6-11-3-2-4-13(16)9-11/h2-4,9,12,14,16H,5-8,10H2,1H3. The van der Waals surface area contributed by atoms with Gasteiger partial charge in [-0.2, -0.15) is 0 Å². The van der Waals surface area contributed by atoms with Crippen LogP contribution in [0.25, 0.3) is 0 Å². The van der Waals surface area contributed by atoms with Gasteiger partial charge in [0.15, 0.2) is 0 Å². The third-order valence-electron chi connectivity index (χ3n) is 3.32. The second kappa shape index (κ2) is 5.32. The molecule has 1 aliphatic heterocycles. The molecule has 1 fully saturated rings. The third-order valence-corrected chi connectivity index (χ3v) is 3.32. The summed E-state index contributed by atoms with van der Waals surface area (Å²) in [6.07, 6.45) is 2.25. The van der Waals surface area contributed by atoms with Crippen molar-refractivity contribution in [1.29, 1.82) is 0 Å². The van der Waals surface area contributed by atoms with Crippen molar-refractivity contribution in [1.82, 2.24) is 10.2 Å². The van der Waals surface area contributed by atoms with Crippen LogP contribution in [0.15, 0.2) is 24.3 Å². The Morgan fingerprint density at radius 2 is 2.38 bits per heavy atom. The number of rotatable bonds is 4. The predicted octanol–water partition coefficient (Wildman–Crippen LogP) is 1.23. The normalized spacial score (nSPS) is 20.5. The van der Waals surface area contributed by atoms with E-state index in [2.05, 4.69) is 23.3 Å². The molecule has 16 heavy (non-hydrogen) atoms. The highest BCUT2D eigenvalue weighted by molar-refractivity contribution is 5.27. The van der Waals surface area contributed by atoms with Crippen LogP contribution in [-0.2, 0) is 6.42 Å². The van der Waals surface area contributed by atoms with E-state index < -0.39 is 0 Å². The minimum atomic E-state index is 0.364. The first-order valence-corrected chi connectivity index (χ1v) is 5.94. The lowest BCUT2D eigenvalue weighted by Crippen LogP contribution is -2.34. The molecule has 0 amide bonds. The third kappa shape index (κ3) is 2.97. The van der Waals surface area contributed by atoms with Gasteiger partial charge in [0.1, 0.15) is 5.75 Å². The van der Waals surface area contributed by atoms with Gasteiger partial charge >= 0.3 is 0 Å². The van der Waals surface area contributed by atoms with Crippen LogP contribution < -0.4 is 5.32 Å². The van der Waals surface area contributed by atoms with E-state index in [4.69, 9.17) is 0 Å².